The van der Waals surface area contributed by atoms with Gasteiger partial charge in [0.25, 0.3) is 0 Å². The number of hydrogen-bond acceptors (Lipinski definition) is 4. The number of aliphatic hydroxyl groups is 1. The first-order valence-corrected chi connectivity index (χ1v) is 6.59. The van der Waals surface area contributed by atoms with Crippen molar-refractivity contribution in [3.8, 4) is 5.75 Å². The number of furan rings is 1. The summed E-state index contributed by atoms with van der Waals surface area (Å²) in [4.78, 5) is 0. The zero-order chi connectivity index (χ0) is 15.2. The van der Waals surface area contributed by atoms with E-state index in [9.17, 15) is 13.9 Å². The van der Waals surface area contributed by atoms with Gasteiger partial charge in [0.1, 0.15) is 24.2 Å². The molecule has 2 aromatic rings. The lowest BCUT2D eigenvalue weighted by Crippen LogP contribution is -2.34. The number of rotatable bonds is 7. The van der Waals surface area contributed by atoms with Gasteiger partial charge in [0, 0.05) is 18.7 Å². The molecule has 4 nitrogen and oxygen atoms in total. The van der Waals surface area contributed by atoms with Crippen molar-refractivity contribution in [2.45, 2.75) is 19.1 Å². The van der Waals surface area contributed by atoms with E-state index in [1.807, 2.05) is 6.92 Å². The van der Waals surface area contributed by atoms with Crippen LogP contribution in [0.4, 0.5) is 8.78 Å². The summed E-state index contributed by atoms with van der Waals surface area (Å²) in [7, 11) is 0. The highest BCUT2D eigenvalue weighted by molar-refractivity contribution is 5.23. The Balaban J connectivity index is 1.74. The molecule has 0 amide bonds. The third-order valence-corrected chi connectivity index (χ3v) is 2.92. The first kappa shape index (κ1) is 15.5. The molecular weight excluding hydrogens is 280 g/mol. The molecule has 0 bridgehead atoms. The maximum Gasteiger partial charge on any atom is 0.162 e. The van der Waals surface area contributed by atoms with Gasteiger partial charge in [-0.2, -0.15) is 0 Å². The molecule has 1 aromatic carbocycles. The monoisotopic (exact) mass is 297 g/mol. The van der Waals surface area contributed by atoms with Gasteiger partial charge in [-0.1, -0.05) is 0 Å². The largest absolute Gasteiger partial charge is 0.492 e. The fourth-order valence-electron chi connectivity index (χ4n) is 1.74. The van der Waals surface area contributed by atoms with Crippen LogP contribution in [-0.2, 0) is 0 Å². The van der Waals surface area contributed by atoms with Crippen LogP contribution >= 0.6 is 0 Å². The highest BCUT2D eigenvalue weighted by atomic mass is 19.2. The molecule has 2 unspecified atom stereocenters. The van der Waals surface area contributed by atoms with Crippen LogP contribution in [0.2, 0.25) is 0 Å². The SMILES string of the molecule is CC(COc1ccc(F)c(F)c1)NCC(O)c1ccco1. The summed E-state index contributed by atoms with van der Waals surface area (Å²) in [6.45, 7) is 2.42. The minimum Gasteiger partial charge on any atom is -0.492 e. The molecule has 0 saturated carbocycles. The van der Waals surface area contributed by atoms with Crippen LogP contribution in [-0.4, -0.2) is 24.3 Å². The Kier molecular flexibility index (Phi) is 5.30. The van der Waals surface area contributed by atoms with Crippen LogP contribution in [0.3, 0.4) is 0 Å². The topological polar surface area (TPSA) is 54.6 Å². The average molecular weight is 297 g/mol. The first-order chi connectivity index (χ1) is 10.1. The molecule has 1 heterocycles. The summed E-state index contributed by atoms with van der Waals surface area (Å²) in [5.41, 5.74) is 0. The summed E-state index contributed by atoms with van der Waals surface area (Å²) in [5.74, 6) is -1.11. The average Bonchev–Trinajstić information content (AvgIpc) is 3.00. The van der Waals surface area contributed by atoms with Crippen molar-refractivity contribution in [1.29, 1.82) is 0 Å². The minimum atomic E-state index is -0.943. The Morgan fingerprint density at radius 1 is 1.29 bits per heavy atom. The Hall–Kier alpha value is -1.92. The summed E-state index contributed by atoms with van der Waals surface area (Å²) in [5, 5.41) is 12.9. The number of aliphatic hydroxyl groups excluding tert-OH is 1. The lowest BCUT2D eigenvalue weighted by Gasteiger charge is -2.17. The fraction of sp³-hybridized carbons (Fsp3) is 0.333. The Morgan fingerprint density at radius 3 is 2.76 bits per heavy atom. The molecule has 0 saturated heterocycles. The molecule has 0 fully saturated rings. The summed E-state index contributed by atoms with van der Waals surface area (Å²) in [6.07, 6.45) is 0.750. The number of ether oxygens (including phenoxy) is 1. The van der Waals surface area contributed by atoms with E-state index in [0.717, 1.165) is 12.1 Å². The molecule has 0 radical (unpaired) electrons. The summed E-state index contributed by atoms with van der Waals surface area (Å²) < 4.78 is 36.2. The van der Waals surface area contributed by atoms with Crippen LogP contribution in [0.25, 0.3) is 0 Å². The van der Waals surface area contributed by atoms with E-state index >= 15 is 0 Å². The van der Waals surface area contributed by atoms with Crippen LogP contribution in [0, 0.1) is 11.6 Å². The Labute approximate surface area is 121 Å². The molecule has 2 N–H and O–H groups in total. The van der Waals surface area contributed by atoms with E-state index < -0.39 is 17.7 Å². The summed E-state index contributed by atoms with van der Waals surface area (Å²) >= 11 is 0. The van der Waals surface area contributed by atoms with Gasteiger partial charge in [-0.05, 0) is 31.2 Å². The van der Waals surface area contributed by atoms with Crippen molar-refractivity contribution in [3.05, 3.63) is 54.0 Å². The minimum absolute atomic E-state index is 0.0808. The van der Waals surface area contributed by atoms with Crippen molar-refractivity contribution in [2.75, 3.05) is 13.2 Å². The normalized spacial score (nSPS) is 13.9. The molecular formula is C15H17F2NO3. The second kappa shape index (κ2) is 7.19. The Bertz CT molecular complexity index is 560. The van der Waals surface area contributed by atoms with Gasteiger partial charge in [-0.25, -0.2) is 8.78 Å². The number of halogens is 2. The number of nitrogens with one attached hydrogen (secondary N) is 1. The second-order valence-corrected chi connectivity index (χ2v) is 4.73. The van der Waals surface area contributed by atoms with Gasteiger partial charge >= 0.3 is 0 Å². The van der Waals surface area contributed by atoms with Crippen molar-refractivity contribution < 1.29 is 23.0 Å². The molecule has 6 heteroatoms. The number of benzene rings is 1. The standard InChI is InChI=1S/C15H17F2NO3/c1-10(18-8-14(19)15-3-2-6-20-15)9-21-11-4-5-12(16)13(17)7-11/h2-7,10,14,18-19H,8-9H2,1H3. The van der Waals surface area contributed by atoms with Crippen molar-refractivity contribution in [2.24, 2.45) is 0 Å². The molecule has 114 valence electrons. The van der Waals surface area contributed by atoms with Crippen molar-refractivity contribution >= 4 is 0 Å². The van der Waals surface area contributed by atoms with E-state index in [-0.39, 0.29) is 18.4 Å². The van der Waals surface area contributed by atoms with Gasteiger partial charge in [-0.15, -0.1) is 0 Å². The predicted octanol–water partition coefficient (Wildman–Crippen LogP) is 2.65. The first-order valence-electron chi connectivity index (χ1n) is 6.59. The third kappa shape index (κ3) is 4.54. The summed E-state index contributed by atoms with van der Waals surface area (Å²) in [6, 6.07) is 6.69. The zero-order valence-corrected chi connectivity index (χ0v) is 11.6. The maximum absolute atomic E-state index is 13.0. The molecule has 2 rings (SSSR count). The lowest BCUT2D eigenvalue weighted by atomic mass is 10.2. The molecule has 1 aromatic heterocycles. The smallest absolute Gasteiger partial charge is 0.162 e. The van der Waals surface area contributed by atoms with Gasteiger partial charge in [-0.3, -0.25) is 0 Å². The van der Waals surface area contributed by atoms with Crippen LogP contribution < -0.4 is 10.1 Å². The van der Waals surface area contributed by atoms with Crippen LogP contribution in [0.5, 0.6) is 5.75 Å². The van der Waals surface area contributed by atoms with E-state index in [1.165, 1.54) is 12.3 Å². The molecule has 0 aliphatic heterocycles. The third-order valence-electron chi connectivity index (χ3n) is 2.92. The molecule has 0 spiro atoms. The highest BCUT2D eigenvalue weighted by Gasteiger charge is 2.12. The molecule has 21 heavy (non-hydrogen) atoms. The van der Waals surface area contributed by atoms with Crippen LogP contribution in [0.15, 0.2) is 41.0 Å². The van der Waals surface area contributed by atoms with E-state index in [2.05, 4.69) is 5.32 Å². The van der Waals surface area contributed by atoms with E-state index in [4.69, 9.17) is 9.15 Å². The van der Waals surface area contributed by atoms with Gasteiger partial charge in [0.15, 0.2) is 11.6 Å². The predicted molar refractivity (Wildman–Crippen MR) is 73.0 cm³/mol. The van der Waals surface area contributed by atoms with Gasteiger partial charge < -0.3 is 19.6 Å². The van der Waals surface area contributed by atoms with E-state index in [0.29, 0.717) is 12.3 Å². The van der Waals surface area contributed by atoms with Crippen molar-refractivity contribution in [3.63, 3.8) is 0 Å². The lowest BCUT2D eigenvalue weighted by molar-refractivity contribution is 0.139. The molecule has 2 atom stereocenters. The maximum atomic E-state index is 13.0. The molecule has 0 aliphatic rings. The van der Waals surface area contributed by atoms with Crippen molar-refractivity contribution in [1.82, 2.24) is 5.32 Å². The number of hydrogen-bond donors (Lipinski definition) is 2. The molecule has 0 aliphatic carbocycles. The highest BCUT2D eigenvalue weighted by Crippen LogP contribution is 2.16. The zero-order valence-electron chi connectivity index (χ0n) is 11.6. The van der Waals surface area contributed by atoms with Gasteiger partial charge in [0.2, 0.25) is 0 Å². The van der Waals surface area contributed by atoms with E-state index in [1.54, 1.807) is 12.1 Å². The van der Waals surface area contributed by atoms with Gasteiger partial charge in [0.05, 0.1) is 6.26 Å². The quantitative estimate of drug-likeness (QED) is 0.825. The Morgan fingerprint density at radius 2 is 2.10 bits per heavy atom. The van der Waals surface area contributed by atoms with Crippen LogP contribution in [0.1, 0.15) is 18.8 Å². The fourth-order valence-corrected chi connectivity index (χ4v) is 1.74. The second-order valence-electron chi connectivity index (χ2n) is 4.73.